The minimum absolute atomic E-state index is 0.0356. The number of benzene rings is 2. The van der Waals surface area contributed by atoms with Crippen molar-refractivity contribution in [1.82, 2.24) is 9.88 Å². The minimum Gasteiger partial charge on any atom is -0.392 e. The van der Waals surface area contributed by atoms with Crippen molar-refractivity contribution < 1.29 is 22.4 Å². The number of hydrogen-bond acceptors (Lipinski definition) is 4. The van der Waals surface area contributed by atoms with Gasteiger partial charge in [0.15, 0.2) is 0 Å². The number of para-hydroxylation sites is 1. The number of aromatic nitrogens is 1. The Labute approximate surface area is 180 Å². The van der Waals surface area contributed by atoms with Crippen LogP contribution in [0.1, 0.15) is 24.0 Å². The van der Waals surface area contributed by atoms with Gasteiger partial charge in [-0.15, -0.1) is 0 Å². The van der Waals surface area contributed by atoms with E-state index >= 15 is 0 Å². The van der Waals surface area contributed by atoms with Crippen LogP contribution in [0.25, 0.3) is 5.69 Å². The quantitative estimate of drug-likeness (QED) is 0.368. The predicted octanol–water partition coefficient (Wildman–Crippen LogP) is 3.91. The number of hydrogen-bond donors (Lipinski definition) is 1. The summed E-state index contributed by atoms with van der Waals surface area (Å²) in [5.74, 6) is -3.56. The molecule has 0 aliphatic carbocycles. The molecule has 32 heavy (non-hydrogen) atoms. The Morgan fingerprint density at radius 2 is 1.69 bits per heavy atom. The molecule has 1 fully saturated rings. The highest BCUT2D eigenvalue weighted by Crippen LogP contribution is 2.20. The zero-order valence-corrected chi connectivity index (χ0v) is 16.8. The van der Waals surface area contributed by atoms with E-state index in [1.165, 1.54) is 18.2 Å². The smallest absolute Gasteiger partial charge is 0.255 e. The van der Waals surface area contributed by atoms with E-state index in [1.54, 1.807) is 0 Å². The minimum atomic E-state index is -0.943. The van der Waals surface area contributed by atoms with Crippen molar-refractivity contribution in [1.29, 1.82) is 0 Å². The van der Waals surface area contributed by atoms with Crippen molar-refractivity contribution in [3.05, 3.63) is 99.5 Å². The summed E-state index contributed by atoms with van der Waals surface area (Å²) in [6, 6.07) is 8.59. The van der Waals surface area contributed by atoms with Gasteiger partial charge in [-0.25, -0.2) is 17.6 Å². The van der Waals surface area contributed by atoms with E-state index in [9.17, 15) is 22.4 Å². The van der Waals surface area contributed by atoms with Crippen molar-refractivity contribution in [3.8, 4) is 5.69 Å². The molecule has 1 aliphatic heterocycles. The van der Waals surface area contributed by atoms with Crippen LogP contribution in [0.3, 0.4) is 0 Å². The fraction of sp³-hybridized carbons (Fsp3) is 0.217. The molecule has 2 aromatic carbocycles. The van der Waals surface area contributed by atoms with Gasteiger partial charge < -0.3 is 10.2 Å². The molecule has 0 unspecified atom stereocenters. The Kier molecular flexibility index (Phi) is 6.36. The number of nitrogens with zero attached hydrogens (tertiary/aromatic N) is 2. The van der Waals surface area contributed by atoms with Gasteiger partial charge in [0.2, 0.25) is 0 Å². The van der Waals surface area contributed by atoms with Crippen LogP contribution in [0.2, 0.25) is 0 Å². The van der Waals surface area contributed by atoms with E-state index in [-0.39, 0.29) is 22.9 Å². The molecule has 2 heterocycles. The largest absolute Gasteiger partial charge is 0.392 e. The Bertz CT molecular complexity index is 1200. The lowest BCUT2D eigenvalue weighted by Crippen LogP contribution is -2.31. The summed E-state index contributed by atoms with van der Waals surface area (Å²) in [4.78, 5) is 18.0. The molecule has 0 bridgehead atoms. The fourth-order valence-electron chi connectivity index (χ4n) is 3.49. The monoisotopic (exact) mass is 445 g/mol. The molecular formula is C23H19F4N3O2. The molecule has 5 nitrogen and oxygen atoms in total. The second-order valence-electron chi connectivity index (χ2n) is 7.32. The molecule has 1 aliphatic rings. The summed E-state index contributed by atoms with van der Waals surface area (Å²) in [5, 5.41) is 7.30. The summed E-state index contributed by atoms with van der Waals surface area (Å²) in [6.07, 6.45) is 2.30. The first-order chi connectivity index (χ1) is 15.4. The van der Waals surface area contributed by atoms with Crippen LogP contribution in [0.15, 0.2) is 64.7 Å². The third kappa shape index (κ3) is 4.57. The van der Waals surface area contributed by atoms with Crippen LogP contribution in [-0.4, -0.2) is 29.5 Å². The molecule has 4 rings (SSSR count). The van der Waals surface area contributed by atoms with Crippen LogP contribution in [-0.2, 0) is 4.84 Å². The first-order valence-electron chi connectivity index (χ1n) is 10.0. The van der Waals surface area contributed by atoms with E-state index in [2.05, 4.69) is 10.5 Å². The maximum Gasteiger partial charge on any atom is 0.255 e. The van der Waals surface area contributed by atoms with Crippen LogP contribution in [0.4, 0.5) is 17.6 Å². The molecular weight excluding hydrogens is 426 g/mol. The number of oxime groups is 1. The highest BCUT2D eigenvalue weighted by atomic mass is 19.1. The Morgan fingerprint density at radius 1 is 0.969 bits per heavy atom. The third-order valence-corrected chi connectivity index (χ3v) is 5.13. The lowest BCUT2D eigenvalue weighted by Gasteiger charge is -2.21. The number of rotatable bonds is 5. The van der Waals surface area contributed by atoms with Crippen molar-refractivity contribution in [2.24, 2.45) is 5.16 Å². The van der Waals surface area contributed by atoms with Crippen molar-refractivity contribution in [2.45, 2.75) is 18.9 Å². The van der Waals surface area contributed by atoms with Gasteiger partial charge in [-0.1, -0.05) is 11.2 Å². The first-order valence-corrected chi connectivity index (χ1v) is 10.0. The molecule has 3 aromatic rings. The Morgan fingerprint density at radius 3 is 2.38 bits per heavy atom. The summed E-state index contributed by atoms with van der Waals surface area (Å²) >= 11 is 0. The molecule has 0 radical (unpaired) electrons. The Hall–Kier alpha value is -3.46. The molecule has 0 spiro atoms. The third-order valence-electron chi connectivity index (χ3n) is 5.13. The normalized spacial score (nSPS) is 15.1. The maximum atomic E-state index is 14.6. The molecule has 1 saturated heterocycles. The zero-order chi connectivity index (χ0) is 22.7. The van der Waals surface area contributed by atoms with E-state index < -0.39 is 34.5 Å². The predicted molar refractivity (Wildman–Crippen MR) is 111 cm³/mol. The average molecular weight is 445 g/mol. The van der Waals surface area contributed by atoms with Gasteiger partial charge in [-0.3, -0.25) is 9.36 Å². The Balaban J connectivity index is 1.83. The van der Waals surface area contributed by atoms with Crippen molar-refractivity contribution in [2.75, 3.05) is 13.1 Å². The van der Waals surface area contributed by atoms with Crippen molar-refractivity contribution in [3.63, 3.8) is 0 Å². The molecule has 0 atom stereocenters. The fourth-order valence-corrected chi connectivity index (χ4v) is 3.49. The van der Waals surface area contributed by atoms with Gasteiger partial charge in [-0.2, -0.15) is 0 Å². The van der Waals surface area contributed by atoms with Gasteiger partial charge in [-0.05, 0) is 56.3 Å². The number of nitrogens with one attached hydrogen (secondary N) is 1. The SMILES string of the molecule is O=c1ccc(/C(=N/OC2CCNCC2)c2ccc(F)cc2F)cn1-c1c(F)cccc1F. The molecule has 1 aromatic heterocycles. The van der Waals surface area contributed by atoms with Gasteiger partial charge in [0, 0.05) is 29.5 Å². The van der Waals surface area contributed by atoms with E-state index in [0.717, 1.165) is 48.1 Å². The molecule has 9 heteroatoms. The van der Waals surface area contributed by atoms with Gasteiger partial charge in [0.25, 0.3) is 5.56 Å². The highest BCUT2D eigenvalue weighted by Gasteiger charge is 2.20. The maximum absolute atomic E-state index is 14.6. The van der Waals surface area contributed by atoms with Gasteiger partial charge in [0.05, 0.1) is 0 Å². The van der Waals surface area contributed by atoms with Crippen LogP contribution >= 0.6 is 0 Å². The summed E-state index contributed by atoms with van der Waals surface area (Å²) in [7, 11) is 0. The second-order valence-corrected chi connectivity index (χ2v) is 7.32. The highest BCUT2D eigenvalue weighted by molar-refractivity contribution is 6.12. The summed E-state index contributed by atoms with van der Waals surface area (Å²) in [5.41, 5.74) is -1.23. The number of piperidine rings is 1. The molecule has 166 valence electrons. The van der Waals surface area contributed by atoms with E-state index in [4.69, 9.17) is 4.84 Å². The molecule has 1 N–H and O–H groups in total. The van der Waals surface area contributed by atoms with Crippen molar-refractivity contribution >= 4 is 5.71 Å². The topological polar surface area (TPSA) is 55.6 Å². The van der Waals surface area contributed by atoms with Gasteiger partial charge >= 0.3 is 0 Å². The lowest BCUT2D eigenvalue weighted by atomic mass is 10.0. The second kappa shape index (κ2) is 9.35. The van der Waals surface area contributed by atoms with Crippen LogP contribution < -0.4 is 10.9 Å². The van der Waals surface area contributed by atoms with Crippen LogP contribution in [0.5, 0.6) is 0 Å². The number of halogens is 4. The van der Waals surface area contributed by atoms with E-state index in [0.29, 0.717) is 18.9 Å². The standard InChI is InChI=1S/C23H19F4N3O2/c24-15-5-6-17(20(27)12-15)22(29-32-16-8-10-28-11-9-16)14-4-7-21(31)30(13-14)23-18(25)2-1-3-19(23)26/h1-7,12-13,16,28H,8-11H2/b29-22-. The first kappa shape index (κ1) is 21.8. The van der Waals surface area contributed by atoms with Gasteiger partial charge in [0.1, 0.15) is 40.8 Å². The lowest BCUT2D eigenvalue weighted by molar-refractivity contribution is 0.0378. The summed E-state index contributed by atoms with van der Waals surface area (Å²) < 4.78 is 57.5. The van der Waals surface area contributed by atoms with Crippen LogP contribution in [0, 0.1) is 23.3 Å². The van der Waals surface area contributed by atoms with E-state index in [1.807, 2.05) is 0 Å². The molecule has 0 saturated carbocycles. The zero-order valence-electron chi connectivity index (χ0n) is 16.8. The number of pyridine rings is 1. The molecule has 0 amide bonds. The summed E-state index contributed by atoms with van der Waals surface area (Å²) in [6.45, 7) is 1.47. The average Bonchev–Trinajstić information content (AvgIpc) is 2.77.